The minimum atomic E-state index is -0.232. The lowest BCUT2D eigenvalue weighted by molar-refractivity contribution is 0.627. The average Bonchev–Trinajstić information content (AvgIpc) is 2.38. The zero-order valence-electron chi connectivity index (χ0n) is 10.4. The van der Waals surface area contributed by atoms with Crippen LogP contribution in [-0.2, 0) is 6.54 Å². The first-order chi connectivity index (χ1) is 8.65. The maximum absolute atomic E-state index is 12.7. The Balaban J connectivity index is 2.01. The number of halogens is 1. The van der Waals surface area contributed by atoms with Crippen LogP contribution >= 0.6 is 0 Å². The molecule has 0 aliphatic rings. The lowest BCUT2D eigenvalue weighted by atomic mass is 10.2. The van der Waals surface area contributed by atoms with Crippen LogP contribution in [0.5, 0.6) is 0 Å². The van der Waals surface area contributed by atoms with Crippen molar-refractivity contribution in [2.75, 3.05) is 24.3 Å². The Morgan fingerprint density at radius 2 is 1.89 bits per heavy atom. The van der Waals surface area contributed by atoms with E-state index in [2.05, 4.69) is 15.3 Å². The highest BCUT2D eigenvalue weighted by molar-refractivity contribution is 5.41. The van der Waals surface area contributed by atoms with Gasteiger partial charge in [-0.15, -0.1) is 0 Å². The van der Waals surface area contributed by atoms with Crippen molar-refractivity contribution in [1.82, 2.24) is 9.97 Å². The van der Waals surface area contributed by atoms with Crippen LogP contribution in [0.3, 0.4) is 0 Å². The van der Waals surface area contributed by atoms with Crippen LogP contribution in [0.25, 0.3) is 0 Å². The molecule has 0 saturated heterocycles. The molecule has 1 N–H and O–H groups in total. The summed E-state index contributed by atoms with van der Waals surface area (Å²) in [6, 6.07) is 8.18. The van der Waals surface area contributed by atoms with Crippen LogP contribution in [0, 0.1) is 5.82 Å². The molecule has 0 aliphatic carbocycles. The number of benzene rings is 1. The van der Waals surface area contributed by atoms with Gasteiger partial charge in [0.05, 0.1) is 0 Å². The number of anilines is 2. The first kappa shape index (κ1) is 12.3. The summed E-state index contributed by atoms with van der Waals surface area (Å²) in [6.45, 7) is 0.567. The molecule has 2 aromatic rings. The molecule has 0 saturated carbocycles. The molecule has 0 amide bonds. The van der Waals surface area contributed by atoms with E-state index >= 15 is 0 Å². The molecule has 0 atom stereocenters. The van der Waals surface area contributed by atoms with Crippen LogP contribution in [0.1, 0.15) is 5.56 Å². The quantitative estimate of drug-likeness (QED) is 0.898. The molecule has 1 aromatic heterocycles. The first-order valence-electron chi connectivity index (χ1n) is 5.64. The van der Waals surface area contributed by atoms with Gasteiger partial charge in [0.2, 0.25) is 5.95 Å². The smallest absolute Gasteiger partial charge is 0.224 e. The van der Waals surface area contributed by atoms with Gasteiger partial charge in [0, 0.05) is 26.8 Å². The number of hydrogen-bond acceptors (Lipinski definition) is 4. The summed E-state index contributed by atoms with van der Waals surface area (Å²) in [7, 11) is 3.85. The Labute approximate surface area is 105 Å². The van der Waals surface area contributed by atoms with Crippen molar-refractivity contribution in [3.8, 4) is 0 Å². The van der Waals surface area contributed by atoms with Gasteiger partial charge in [0.1, 0.15) is 11.6 Å². The first-order valence-corrected chi connectivity index (χ1v) is 5.64. The molecule has 0 spiro atoms. The Morgan fingerprint density at radius 3 is 2.56 bits per heavy atom. The van der Waals surface area contributed by atoms with Crippen molar-refractivity contribution >= 4 is 11.8 Å². The third-order valence-electron chi connectivity index (χ3n) is 2.46. The number of nitrogens with zero attached hydrogens (tertiary/aromatic N) is 3. The van der Waals surface area contributed by atoms with E-state index in [9.17, 15) is 4.39 Å². The molecule has 1 aromatic carbocycles. The second-order valence-corrected chi connectivity index (χ2v) is 4.11. The van der Waals surface area contributed by atoms with E-state index in [1.807, 2.05) is 25.1 Å². The van der Waals surface area contributed by atoms with E-state index in [4.69, 9.17) is 0 Å². The van der Waals surface area contributed by atoms with Gasteiger partial charge >= 0.3 is 0 Å². The lowest BCUT2D eigenvalue weighted by Gasteiger charge is -2.12. The molecule has 5 heteroatoms. The second-order valence-electron chi connectivity index (χ2n) is 4.11. The lowest BCUT2D eigenvalue weighted by Crippen LogP contribution is -2.12. The van der Waals surface area contributed by atoms with E-state index in [1.54, 1.807) is 18.3 Å². The summed E-state index contributed by atoms with van der Waals surface area (Å²) in [5, 5.41) is 3.10. The van der Waals surface area contributed by atoms with E-state index in [-0.39, 0.29) is 5.82 Å². The van der Waals surface area contributed by atoms with E-state index in [0.29, 0.717) is 12.5 Å². The largest absolute Gasteiger partial charge is 0.363 e. The van der Waals surface area contributed by atoms with Crippen molar-refractivity contribution in [2.24, 2.45) is 0 Å². The molecule has 1 heterocycles. The zero-order chi connectivity index (χ0) is 13.0. The molecular formula is C13H15FN4. The molecule has 0 fully saturated rings. The van der Waals surface area contributed by atoms with Gasteiger partial charge in [-0.25, -0.2) is 9.37 Å². The minimum Gasteiger partial charge on any atom is -0.363 e. The summed E-state index contributed by atoms with van der Waals surface area (Å²) in [5.74, 6) is 1.17. The van der Waals surface area contributed by atoms with Crippen LogP contribution < -0.4 is 10.2 Å². The topological polar surface area (TPSA) is 41.1 Å². The van der Waals surface area contributed by atoms with Crippen molar-refractivity contribution in [3.05, 3.63) is 47.9 Å². The molecule has 18 heavy (non-hydrogen) atoms. The second kappa shape index (κ2) is 5.44. The summed E-state index contributed by atoms with van der Waals surface area (Å²) >= 11 is 0. The molecule has 0 aliphatic heterocycles. The van der Waals surface area contributed by atoms with Crippen molar-refractivity contribution in [3.63, 3.8) is 0 Å². The monoisotopic (exact) mass is 246 g/mol. The molecule has 0 unspecified atom stereocenters. The predicted octanol–water partition coefficient (Wildman–Crippen LogP) is 2.29. The fraction of sp³-hybridized carbons (Fsp3) is 0.231. The van der Waals surface area contributed by atoms with E-state index in [1.165, 1.54) is 12.1 Å². The summed E-state index contributed by atoms with van der Waals surface area (Å²) < 4.78 is 12.7. The number of nitrogens with one attached hydrogen (secondary N) is 1. The van der Waals surface area contributed by atoms with Crippen molar-refractivity contribution in [2.45, 2.75) is 6.54 Å². The van der Waals surface area contributed by atoms with Gasteiger partial charge in [0.25, 0.3) is 0 Å². The fourth-order valence-electron chi connectivity index (χ4n) is 1.47. The maximum atomic E-state index is 12.7. The molecule has 2 rings (SSSR count). The van der Waals surface area contributed by atoms with Gasteiger partial charge in [-0.05, 0) is 23.8 Å². The number of rotatable bonds is 4. The van der Waals surface area contributed by atoms with Gasteiger partial charge < -0.3 is 10.2 Å². The highest BCUT2D eigenvalue weighted by atomic mass is 19.1. The Kier molecular flexibility index (Phi) is 3.72. The SMILES string of the molecule is CN(C)c1ccnc(NCc2ccc(F)cc2)n1. The molecule has 4 nitrogen and oxygen atoms in total. The van der Waals surface area contributed by atoms with Gasteiger partial charge in [-0.1, -0.05) is 12.1 Å². The molecule has 94 valence electrons. The van der Waals surface area contributed by atoms with E-state index < -0.39 is 0 Å². The van der Waals surface area contributed by atoms with Crippen molar-refractivity contribution < 1.29 is 4.39 Å². The molecular weight excluding hydrogens is 231 g/mol. The minimum absolute atomic E-state index is 0.232. The third kappa shape index (κ3) is 3.16. The maximum Gasteiger partial charge on any atom is 0.224 e. The average molecular weight is 246 g/mol. The normalized spacial score (nSPS) is 10.2. The predicted molar refractivity (Wildman–Crippen MR) is 70.1 cm³/mol. The summed E-state index contributed by atoms with van der Waals surface area (Å²) in [6.07, 6.45) is 1.70. The molecule has 0 bridgehead atoms. The Morgan fingerprint density at radius 1 is 1.17 bits per heavy atom. The Hall–Kier alpha value is -2.17. The van der Waals surface area contributed by atoms with Crippen LogP contribution in [0.15, 0.2) is 36.5 Å². The third-order valence-corrected chi connectivity index (χ3v) is 2.46. The highest BCUT2D eigenvalue weighted by Gasteiger charge is 2.01. The van der Waals surface area contributed by atoms with E-state index in [0.717, 1.165) is 11.4 Å². The highest BCUT2D eigenvalue weighted by Crippen LogP contribution is 2.10. The summed E-state index contributed by atoms with van der Waals surface area (Å²) in [5.41, 5.74) is 0.982. The zero-order valence-corrected chi connectivity index (χ0v) is 10.4. The fourth-order valence-corrected chi connectivity index (χ4v) is 1.47. The Bertz CT molecular complexity index is 511. The summed E-state index contributed by atoms with van der Waals surface area (Å²) in [4.78, 5) is 10.4. The van der Waals surface area contributed by atoms with Crippen LogP contribution in [0.2, 0.25) is 0 Å². The number of aromatic nitrogens is 2. The molecule has 0 radical (unpaired) electrons. The van der Waals surface area contributed by atoms with Gasteiger partial charge in [-0.3, -0.25) is 0 Å². The number of hydrogen-bond donors (Lipinski definition) is 1. The van der Waals surface area contributed by atoms with Crippen LogP contribution in [0.4, 0.5) is 16.2 Å². The van der Waals surface area contributed by atoms with Crippen molar-refractivity contribution in [1.29, 1.82) is 0 Å². The standard InChI is InChI=1S/C13H15FN4/c1-18(2)12-7-8-15-13(17-12)16-9-10-3-5-11(14)6-4-10/h3-8H,9H2,1-2H3,(H,15,16,17). The van der Waals surface area contributed by atoms with Gasteiger partial charge in [0.15, 0.2) is 0 Å². The van der Waals surface area contributed by atoms with Crippen LogP contribution in [-0.4, -0.2) is 24.1 Å². The van der Waals surface area contributed by atoms with Gasteiger partial charge in [-0.2, -0.15) is 4.98 Å².